The largest absolute Gasteiger partial charge is 0.433 e. The zero-order valence-corrected chi connectivity index (χ0v) is 9.33. The van der Waals surface area contributed by atoms with E-state index in [1.54, 1.807) is 6.92 Å². The molecule has 0 N–H and O–H groups in total. The first-order valence-corrected chi connectivity index (χ1v) is 5.00. The summed E-state index contributed by atoms with van der Waals surface area (Å²) in [4.78, 5) is 3.26. The van der Waals surface area contributed by atoms with Gasteiger partial charge in [0.05, 0.1) is 5.02 Å². The van der Waals surface area contributed by atoms with E-state index in [-0.39, 0.29) is 15.9 Å². The first kappa shape index (κ1) is 12.1. The van der Waals surface area contributed by atoms with Crippen LogP contribution in [-0.4, -0.2) is 4.98 Å². The number of fused-ring (bicyclic) bond motifs is 1. The SMILES string of the molecule is Cc1cc(F)c2nc(C(F)(F)F)cc(Cl)c2c1. The fourth-order valence-corrected chi connectivity index (χ4v) is 1.77. The highest BCUT2D eigenvalue weighted by atomic mass is 35.5. The third-order valence-corrected chi connectivity index (χ3v) is 2.56. The van der Waals surface area contributed by atoms with Crippen molar-refractivity contribution in [2.75, 3.05) is 0 Å². The van der Waals surface area contributed by atoms with Crippen LogP contribution in [0, 0.1) is 12.7 Å². The number of hydrogen-bond acceptors (Lipinski definition) is 1. The van der Waals surface area contributed by atoms with E-state index in [1.165, 1.54) is 6.07 Å². The number of pyridine rings is 1. The highest BCUT2D eigenvalue weighted by Crippen LogP contribution is 2.33. The van der Waals surface area contributed by atoms with E-state index in [4.69, 9.17) is 11.6 Å². The predicted octanol–water partition coefficient (Wildman–Crippen LogP) is 4.35. The third-order valence-electron chi connectivity index (χ3n) is 2.25. The Morgan fingerprint density at radius 2 is 1.82 bits per heavy atom. The molecule has 17 heavy (non-hydrogen) atoms. The van der Waals surface area contributed by atoms with Crippen LogP contribution in [0.1, 0.15) is 11.3 Å². The molecule has 0 spiro atoms. The molecule has 1 aromatic carbocycles. The van der Waals surface area contributed by atoms with Crippen molar-refractivity contribution in [1.82, 2.24) is 4.98 Å². The molecule has 90 valence electrons. The second-order valence-electron chi connectivity index (χ2n) is 3.63. The van der Waals surface area contributed by atoms with E-state index in [0.717, 1.165) is 6.07 Å². The van der Waals surface area contributed by atoms with Crippen molar-refractivity contribution in [3.8, 4) is 0 Å². The third kappa shape index (κ3) is 2.20. The Labute approximate surface area is 99.0 Å². The predicted molar refractivity (Wildman–Crippen MR) is 56.5 cm³/mol. The van der Waals surface area contributed by atoms with E-state index < -0.39 is 17.7 Å². The number of benzene rings is 1. The quantitative estimate of drug-likeness (QED) is 0.644. The van der Waals surface area contributed by atoms with E-state index in [0.29, 0.717) is 11.6 Å². The standard InChI is InChI=1S/C11H6ClF4N/c1-5-2-6-7(12)4-9(11(14,15)16)17-10(6)8(13)3-5/h2-4H,1H3. The minimum Gasteiger partial charge on any atom is -0.240 e. The molecular weight excluding hydrogens is 258 g/mol. The molecule has 1 nitrogen and oxygen atoms in total. The van der Waals surface area contributed by atoms with Crippen LogP contribution in [0.25, 0.3) is 10.9 Å². The van der Waals surface area contributed by atoms with E-state index in [9.17, 15) is 17.6 Å². The summed E-state index contributed by atoms with van der Waals surface area (Å²) >= 11 is 5.71. The number of alkyl halides is 3. The van der Waals surface area contributed by atoms with Gasteiger partial charge in [-0.1, -0.05) is 11.6 Å². The molecule has 1 aromatic heterocycles. The van der Waals surface area contributed by atoms with Gasteiger partial charge >= 0.3 is 6.18 Å². The van der Waals surface area contributed by atoms with Crippen molar-refractivity contribution in [3.05, 3.63) is 40.3 Å². The van der Waals surface area contributed by atoms with Gasteiger partial charge in [0.25, 0.3) is 0 Å². The van der Waals surface area contributed by atoms with Gasteiger partial charge in [0.2, 0.25) is 0 Å². The highest BCUT2D eigenvalue weighted by Gasteiger charge is 2.33. The lowest BCUT2D eigenvalue weighted by Gasteiger charge is -2.09. The Morgan fingerprint density at radius 3 is 2.41 bits per heavy atom. The number of aryl methyl sites for hydroxylation is 1. The number of hydrogen-bond donors (Lipinski definition) is 0. The van der Waals surface area contributed by atoms with Crippen LogP contribution in [0.15, 0.2) is 18.2 Å². The normalized spacial score (nSPS) is 12.1. The monoisotopic (exact) mass is 263 g/mol. The molecule has 0 radical (unpaired) electrons. The summed E-state index contributed by atoms with van der Waals surface area (Å²) in [5, 5.41) is 0.0158. The average Bonchev–Trinajstić information content (AvgIpc) is 2.17. The minimum absolute atomic E-state index is 0.162. The number of halogens is 5. The zero-order valence-electron chi connectivity index (χ0n) is 8.57. The van der Waals surface area contributed by atoms with Gasteiger partial charge < -0.3 is 0 Å². The summed E-state index contributed by atoms with van der Waals surface area (Å²) < 4.78 is 50.9. The van der Waals surface area contributed by atoms with Gasteiger partial charge in [-0.15, -0.1) is 0 Å². The van der Waals surface area contributed by atoms with Gasteiger partial charge in [0, 0.05) is 5.39 Å². The van der Waals surface area contributed by atoms with E-state index >= 15 is 0 Å². The van der Waals surface area contributed by atoms with Crippen molar-refractivity contribution in [3.63, 3.8) is 0 Å². The maximum atomic E-state index is 13.5. The minimum atomic E-state index is -4.64. The van der Waals surface area contributed by atoms with E-state index in [2.05, 4.69) is 4.98 Å². The highest BCUT2D eigenvalue weighted by molar-refractivity contribution is 6.35. The molecule has 0 fully saturated rings. The lowest BCUT2D eigenvalue weighted by Crippen LogP contribution is -2.08. The van der Waals surface area contributed by atoms with Crippen LogP contribution in [0.3, 0.4) is 0 Å². The van der Waals surface area contributed by atoms with Crippen LogP contribution in [0.4, 0.5) is 17.6 Å². The molecule has 2 rings (SSSR count). The molecule has 0 saturated heterocycles. The Morgan fingerprint density at radius 1 is 1.18 bits per heavy atom. The maximum absolute atomic E-state index is 13.5. The van der Waals surface area contributed by atoms with Gasteiger partial charge in [-0.25, -0.2) is 9.37 Å². The number of rotatable bonds is 0. The lowest BCUT2D eigenvalue weighted by molar-refractivity contribution is -0.140. The molecule has 6 heteroatoms. The van der Waals surface area contributed by atoms with Crippen LogP contribution < -0.4 is 0 Å². The molecule has 0 unspecified atom stereocenters. The Hall–Kier alpha value is -1.36. The fraction of sp³-hybridized carbons (Fsp3) is 0.182. The Kier molecular flexibility index (Phi) is 2.73. The van der Waals surface area contributed by atoms with Gasteiger partial charge in [-0.2, -0.15) is 13.2 Å². The summed E-state index contributed by atoms with van der Waals surface area (Å²) in [6.45, 7) is 1.62. The lowest BCUT2D eigenvalue weighted by atomic mass is 10.1. The van der Waals surface area contributed by atoms with E-state index in [1.807, 2.05) is 0 Å². The molecule has 0 aliphatic rings. The summed E-state index contributed by atoms with van der Waals surface area (Å²) in [5.41, 5.74) is -0.994. The molecule has 2 aromatic rings. The van der Waals surface area contributed by atoms with Crippen molar-refractivity contribution < 1.29 is 17.6 Å². The summed E-state index contributed by atoms with van der Waals surface area (Å²) in [6.07, 6.45) is -4.64. The molecule has 0 atom stereocenters. The number of aromatic nitrogens is 1. The van der Waals surface area contributed by atoms with Crippen molar-refractivity contribution in [2.24, 2.45) is 0 Å². The first-order valence-electron chi connectivity index (χ1n) is 4.62. The molecule has 0 saturated carbocycles. The zero-order chi connectivity index (χ0) is 12.8. The van der Waals surface area contributed by atoms with Crippen molar-refractivity contribution >= 4 is 22.5 Å². The molecule has 0 amide bonds. The van der Waals surface area contributed by atoms with Crippen molar-refractivity contribution in [2.45, 2.75) is 13.1 Å². The van der Waals surface area contributed by atoms with Crippen LogP contribution in [0.2, 0.25) is 5.02 Å². The second-order valence-corrected chi connectivity index (χ2v) is 4.04. The second kappa shape index (κ2) is 3.84. The fourth-order valence-electron chi connectivity index (χ4n) is 1.53. The van der Waals surface area contributed by atoms with Gasteiger partial charge in [0.1, 0.15) is 17.0 Å². The topological polar surface area (TPSA) is 12.9 Å². The summed E-state index contributed by atoms with van der Waals surface area (Å²) in [6, 6.07) is 3.31. The van der Waals surface area contributed by atoms with Gasteiger partial charge in [0.15, 0.2) is 0 Å². The van der Waals surface area contributed by atoms with Gasteiger partial charge in [-0.3, -0.25) is 0 Å². The Balaban J connectivity index is 2.83. The van der Waals surface area contributed by atoms with Crippen LogP contribution in [-0.2, 0) is 6.18 Å². The Bertz CT molecular complexity index is 592. The summed E-state index contributed by atoms with van der Waals surface area (Å²) in [7, 11) is 0. The smallest absolute Gasteiger partial charge is 0.240 e. The molecule has 1 heterocycles. The molecular formula is C11H6ClF4N. The first-order chi connectivity index (χ1) is 7.79. The van der Waals surface area contributed by atoms with Gasteiger partial charge in [-0.05, 0) is 30.7 Å². The number of nitrogens with zero attached hydrogens (tertiary/aromatic N) is 1. The van der Waals surface area contributed by atoms with Crippen LogP contribution in [0.5, 0.6) is 0 Å². The summed E-state index contributed by atoms with van der Waals surface area (Å²) in [5.74, 6) is -0.812. The maximum Gasteiger partial charge on any atom is 0.433 e. The van der Waals surface area contributed by atoms with Crippen molar-refractivity contribution in [1.29, 1.82) is 0 Å². The molecule has 0 aliphatic heterocycles. The molecule has 0 aliphatic carbocycles. The van der Waals surface area contributed by atoms with Crippen LogP contribution >= 0.6 is 11.6 Å². The molecule has 0 bridgehead atoms. The average molecular weight is 264 g/mol.